The van der Waals surface area contributed by atoms with Crippen LogP contribution in [0, 0.1) is 12.8 Å². The molecule has 1 aromatic heterocycles. The van der Waals surface area contributed by atoms with Gasteiger partial charge in [-0.25, -0.2) is 18.1 Å². The Morgan fingerprint density at radius 1 is 1.23 bits per heavy atom. The summed E-state index contributed by atoms with van der Waals surface area (Å²) in [5, 5.41) is 2.98. The van der Waals surface area contributed by atoms with Gasteiger partial charge in [-0.1, -0.05) is 6.92 Å². The summed E-state index contributed by atoms with van der Waals surface area (Å²) in [5.41, 5.74) is 0.998. The first-order valence-electron chi connectivity index (χ1n) is 9.27. The van der Waals surface area contributed by atoms with Gasteiger partial charge in [-0.15, -0.1) is 11.3 Å². The number of amides is 1. The molecule has 1 aliphatic heterocycles. The third-order valence-electron chi connectivity index (χ3n) is 5.19. The van der Waals surface area contributed by atoms with Crippen LogP contribution in [0.15, 0.2) is 5.38 Å². The minimum Gasteiger partial charge on any atom is -0.345 e. The number of nitrogens with one attached hydrogen (secondary N) is 1. The van der Waals surface area contributed by atoms with Gasteiger partial charge in [-0.3, -0.25) is 4.79 Å². The lowest BCUT2D eigenvalue weighted by atomic mass is 9.88. The van der Waals surface area contributed by atoms with Crippen molar-refractivity contribution in [2.45, 2.75) is 45.6 Å². The van der Waals surface area contributed by atoms with Crippen LogP contribution in [-0.2, 0) is 14.8 Å². The van der Waals surface area contributed by atoms with Crippen LogP contribution in [0.5, 0.6) is 0 Å². The zero-order valence-corrected chi connectivity index (χ0v) is 17.1. The lowest BCUT2D eigenvalue weighted by Gasteiger charge is -2.34. The normalized spacial score (nSPS) is 24.7. The van der Waals surface area contributed by atoms with Gasteiger partial charge in [-0.2, -0.15) is 0 Å². The summed E-state index contributed by atoms with van der Waals surface area (Å²) >= 11 is 1.60. The number of aromatic nitrogens is 1. The van der Waals surface area contributed by atoms with E-state index in [1.165, 1.54) is 0 Å². The van der Waals surface area contributed by atoms with Crippen molar-refractivity contribution in [3.63, 3.8) is 0 Å². The van der Waals surface area contributed by atoms with Crippen molar-refractivity contribution in [1.29, 1.82) is 0 Å². The van der Waals surface area contributed by atoms with Gasteiger partial charge in [0.2, 0.25) is 15.9 Å². The van der Waals surface area contributed by atoms with E-state index in [0.717, 1.165) is 36.5 Å². The second-order valence-electron chi connectivity index (χ2n) is 7.47. The maximum absolute atomic E-state index is 12.4. The first-order chi connectivity index (χ1) is 12.3. The first-order valence-corrected chi connectivity index (χ1v) is 11.8. The Hall–Kier alpha value is -1.19. The highest BCUT2D eigenvalue weighted by Gasteiger charge is 2.28. The number of hydrogen-bond donors (Lipinski definition) is 1. The van der Waals surface area contributed by atoms with E-state index >= 15 is 0 Å². The predicted molar refractivity (Wildman–Crippen MR) is 104 cm³/mol. The molecule has 1 aliphatic carbocycles. The summed E-state index contributed by atoms with van der Waals surface area (Å²) < 4.78 is 27.4. The molecule has 3 rings (SSSR count). The van der Waals surface area contributed by atoms with E-state index in [2.05, 4.69) is 21.5 Å². The van der Waals surface area contributed by atoms with E-state index in [0.29, 0.717) is 32.1 Å². The molecule has 1 saturated carbocycles. The number of thiazole rings is 1. The van der Waals surface area contributed by atoms with Gasteiger partial charge in [0, 0.05) is 37.6 Å². The second-order valence-corrected chi connectivity index (χ2v) is 10.1. The minimum absolute atomic E-state index is 0.0195. The third-order valence-corrected chi connectivity index (χ3v) is 7.52. The Morgan fingerprint density at radius 2 is 1.88 bits per heavy atom. The molecule has 0 unspecified atom stereocenters. The monoisotopic (exact) mass is 400 g/mol. The summed E-state index contributed by atoms with van der Waals surface area (Å²) in [6.07, 6.45) is 3.81. The number of piperazine rings is 1. The topological polar surface area (TPSA) is 82.6 Å². The summed E-state index contributed by atoms with van der Waals surface area (Å²) in [6.45, 7) is 6.60. The molecular weight excluding hydrogens is 372 g/mol. The SMILES string of the molecule is Cc1csc(N2CCN(C(=O)CS(=O)(=O)NC3CCC(C)CC3)CC2)n1. The van der Waals surface area contributed by atoms with Crippen molar-refractivity contribution in [3.8, 4) is 0 Å². The summed E-state index contributed by atoms with van der Waals surface area (Å²) in [5.74, 6) is -0.0953. The molecular formula is C17H28N4O3S2. The van der Waals surface area contributed by atoms with Crippen molar-refractivity contribution >= 4 is 32.4 Å². The molecule has 0 spiro atoms. The fraction of sp³-hybridized carbons (Fsp3) is 0.765. The molecule has 0 atom stereocenters. The van der Waals surface area contributed by atoms with Crippen LogP contribution in [0.2, 0.25) is 0 Å². The average Bonchev–Trinajstić information content (AvgIpc) is 3.03. The maximum atomic E-state index is 12.4. The molecule has 1 amide bonds. The fourth-order valence-corrected chi connectivity index (χ4v) is 5.75. The highest BCUT2D eigenvalue weighted by molar-refractivity contribution is 7.90. The molecule has 146 valence electrons. The van der Waals surface area contributed by atoms with Crippen LogP contribution in [0.1, 0.15) is 38.3 Å². The molecule has 1 saturated heterocycles. The zero-order valence-electron chi connectivity index (χ0n) is 15.5. The van der Waals surface area contributed by atoms with Gasteiger partial charge in [0.1, 0.15) is 5.75 Å². The number of aryl methyl sites for hydroxylation is 1. The molecule has 9 heteroatoms. The van der Waals surface area contributed by atoms with Crippen LogP contribution in [-0.4, -0.2) is 62.2 Å². The Kier molecular flexibility index (Phi) is 6.19. The van der Waals surface area contributed by atoms with Crippen LogP contribution < -0.4 is 9.62 Å². The Labute approximate surface area is 159 Å². The molecule has 2 fully saturated rings. The molecule has 0 radical (unpaired) electrons. The van der Waals surface area contributed by atoms with E-state index in [-0.39, 0.29) is 11.9 Å². The molecule has 2 heterocycles. The second kappa shape index (κ2) is 8.22. The molecule has 7 nitrogen and oxygen atoms in total. The number of carbonyl (C=O) groups excluding carboxylic acids is 1. The van der Waals surface area contributed by atoms with Crippen molar-refractivity contribution < 1.29 is 13.2 Å². The summed E-state index contributed by atoms with van der Waals surface area (Å²) in [4.78, 5) is 20.7. The summed E-state index contributed by atoms with van der Waals surface area (Å²) in [6, 6.07) is -0.0195. The van der Waals surface area contributed by atoms with Gasteiger partial charge in [0.05, 0.1) is 5.69 Å². The number of rotatable bonds is 5. The van der Waals surface area contributed by atoms with Crippen molar-refractivity contribution in [1.82, 2.24) is 14.6 Å². The molecule has 0 bridgehead atoms. The van der Waals surface area contributed by atoms with Gasteiger partial charge in [-0.05, 0) is 38.5 Å². The van der Waals surface area contributed by atoms with Crippen LogP contribution in [0.25, 0.3) is 0 Å². The number of anilines is 1. The summed E-state index contributed by atoms with van der Waals surface area (Å²) in [7, 11) is -3.57. The predicted octanol–water partition coefficient (Wildman–Crippen LogP) is 1.60. The van der Waals surface area contributed by atoms with Crippen molar-refractivity contribution in [3.05, 3.63) is 11.1 Å². The van der Waals surface area contributed by atoms with Gasteiger partial charge in [0.15, 0.2) is 5.13 Å². The minimum atomic E-state index is -3.57. The molecule has 1 aromatic rings. The van der Waals surface area contributed by atoms with E-state index < -0.39 is 15.8 Å². The quantitative estimate of drug-likeness (QED) is 0.812. The van der Waals surface area contributed by atoms with Crippen molar-refractivity contribution in [2.75, 3.05) is 36.8 Å². The number of sulfonamides is 1. The fourth-order valence-electron chi connectivity index (χ4n) is 3.56. The zero-order chi connectivity index (χ0) is 18.7. The lowest BCUT2D eigenvalue weighted by Crippen LogP contribution is -2.51. The standard InChI is InChI=1S/C17H28N4O3S2/c1-13-3-5-15(6-4-13)19-26(23,24)12-16(22)20-7-9-21(10-8-20)17-18-14(2)11-25-17/h11,13,15,19H,3-10,12H2,1-2H3. The maximum Gasteiger partial charge on any atom is 0.239 e. The van der Waals surface area contributed by atoms with Gasteiger partial charge in [0.25, 0.3) is 0 Å². The number of hydrogen-bond acceptors (Lipinski definition) is 6. The number of nitrogens with zero attached hydrogens (tertiary/aromatic N) is 3. The van der Waals surface area contributed by atoms with E-state index in [9.17, 15) is 13.2 Å². The molecule has 1 N–H and O–H groups in total. The van der Waals surface area contributed by atoms with Crippen LogP contribution >= 0.6 is 11.3 Å². The van der Waals surface area contributed by atoms with E-state index in [4.69, 9.17) is 0 Å². The largest absolute Gasteiger partial charge is 0.345 e. The highest BCUT2D eigenvalue weighted by Crippen LogP contribution is 2.24. The van der Waals surface area contributed by atoms with Gasteiger partial charge < -0.3 is 9.80 Å². The molecule has 0 aromatic carbocycles. The smallest absolute Gasteiger partial charge is 0.239 e. The van der Waals surface area contributed by atoms with Crippen LogP contribution in [0.3, 0.4) is 0 Å². The Bertz CT molecular complexity index is 718. The van der Waals surface area contributed by atoms with Crippen molar-refractivity contribution in [2.24, 2.45) is 5.92 Å². The number of carbonyl (C=O) groups is 1. The average molecular weight is 401 g/mol. The molecule has 26 heavy (non-hydrogen) atoms. The van der Waals surface area contributed by atoms with Gasteiger partial charge >= 0.3 is 0 Å². The Balaban J connectivity index is 1.47. The third kappa shape index (κ3) is 5.17. The highest BCUT2D eigenvalue weighted by atomic mass is 32.2. The lowest BCUT2D eigenvalue weighted by molar-refractivity contribution is -0.128. The van der Waals surface area contributed by atoms with E-state index in [1.54, 1.807) is 16.2 Å². The van der Waals surface area contributed by atoms with Crippen LogP contribution in [0.4, 0.5) is 5.13 Å². The van der Waals surface area contributed by atoms with E-state index in [1.807, 2.05) is 12.3 Å². The molecule has 2 aliphatic rings. The Morgan fingerprint density at radius 3 is 2.46 bits per heavy atom. The first kappa shape index (κ1) is 19.6.